The predicted molar refractivity (Wildman–Crippen MR) is 121 cm³/mol. The second-order valence-corrected chi connectivity index (χ2v) is 8.46. The maximum absolute atomic E-state index is 13.2. The van der Waals surface area contributed by atoms with Gasteiger partial charge in [-0.05, 0) is 48.7 Å². The molecule has 1 atom stereocenters. The van der Waals surface area contributed by atoms with E-state index in [1.807, 2.05) is 6.07 Å². The Morgan fingerprint density at radius 2 is 1.91 bits per heavy atom. The summed E-state index contributed by atoms with van der Waals surface area (Å²) in [4.78, 5) is 27.3. The zero-order chi connectivity index (χ0) is 22.7. The number of hydrogen-bond acceptors (Lipinski definition) is 3. The lowest BCUT2D eigenvalue weighted by Gasteiger charge is -2.32. The molecule has 0 aliphatic carbocycles. The largest absolute Gasteiger partial charge is 0.338 e. The van der Waals surface area contributed by atoms with Crippen LogP contribution in [0.4, 0.5) is 10.2 Å². The fourth-order valence-electron chi connectivity index (χ4n) is 3.78. The topological polar surface area (TPSA) is 67.2 Å². The number of halogens is 3. The molecule has 32 heavy (non-hydrogen) atoms. The van der Waals surface area contributed by atoms with Crippen molar-refractivity contribution in [2.45, 2.75) is 19.4 Å². The zero-order valence-corrected chi connectivity index (χ0v) is 18.6. The third-order valence-electron chi connectivity index (χ3n) is 5.49. The quantitative estimate of drug-likeness (QED) is 0.573. The standard InChI is InChI=1S/C23H21Cl2FN4O2/c24-19-5-1-3-16(21(19)25)14-30-20(10-11-27-30)28-22(31)17-4-2-12-29(13-17)23(32)15-6-8-18(26)9-7-15/h1,3,5-11,17H,2,4,12-14H2,(H,28,31)/t17-/m0/s1. The molecule has 3 aromatic rings. The Balaban J connectivity index is 1.42. The van der Waals surface area contributed by atoms with Crippen molar-refractivity contribution in [1.29, 1.82) is 0 Å². The van der Waals surface area contributed by atoms with E-state index in [9.17, 15) is 14.0 Å². The molecule has 0 saturated carbocycles. The second-order valence-electron chi connectivity index (χ2n) is 7.67. The van der Waals surface area contributed by atoms with Gasteiger partial charge in [-0.1, -0.05) is 35.3 Å². The highest BCUT2D eigenvalue weighted by molar-refractivity contribution is 6.42. The Bertz CT molecular complexity index is 1130. The molecule has 0 spiro atoms. The van der Waals surface area contributed by atoms with Crippen LogP contribution in [0.15, 0.2) is 54.7 Å². The van der Waals surface area contributed by atoms with Crippen molar-refractivity contribution in [3.63, 3.8) is 0 Å². The van der Waals surface area contributed by atoms with Crippen LogP contribution in [0.25, 0.3) is 0 Å². The summed E-state index contributed by atoms with van der Waals surface area (Å²) in [7, 11) is 0. The van der Waals surface area contributed by atoms with Gasteiger partial charge in [-0.2, -0.15) is 5.10 Å². The van der Waals surface area contributed by atoms with Crippen LogP contribution in [0.5, 0.6) is 0 Å². The maximum atomic E-state index is 13.2. The first kappa shape index (κ1) is 22.3. The number of carbonyl (C=O) groups excluding carboxylic acids is 2. The van der Waals surface area contributed by atoms with Crippen LogP contribution in [0.2, 0.25) is 10.0 Å². The molecule has 0 bridgehead atoms. The van der Waals surface area contributed by atoms with Crippen molar-refractivity contribution in [3.8, 4) is 0 Å². The highest BCUT2D eigenvalue weighted by Gasteiger charge is 2.29. The van der Waals surface area contributed by atoms with Crippen LogP contribution < -0.4 is 5.32 Å². The van der Waals surface area contributed by atoms with Crippen molar-refractivity contribution in [2.75, 3.05) is 18.4 Å². The van der Waals surface area contributed by atoms with Gasteiger partial charge in [0.1, 0.15) is 11.6 Å². The minimum Gasteiger partial charge on any atom is -0.338 e. The maximum Gasteiger partial charge on any atom is 0.253 e. The normalized spacial score (nSPS) is 16.1. The average Bonchev–Trinajstić information content (AvgIpc) is 3.23. The molecule has 166 valence electrons. The number of benzene rings is 2. The first-order valence-electron chi connectivity index (χ1n) is 10.2. The van der Waals surface area contributed by atoms with E-state index >= 15 is 0 Å². The molecule has 1 N–H and O–H groups in total. The Labute approximate surface area is 194 Å². The molecule has 1 aliphatic heterocycles. The number of aromatic nitrogens is 2. The lowest BCUT2D eigenvalue weighted by atomic mass is 9.96. The van der Waals surface area contributed by atoms with E-state index < -0.39 is 5.82 Å². The number of nitrogens with one attached hydrogen (secondary N) is 1. The molecule has 2 aromatic carbocycles. The van der Waals surface area contributed by atoms with Crippen molar-refractivity contribution in [1.82, 2.24) is 14.7 Å². The van der Waals surface area contributed by atoms with Crippen LogP contribution in [0, 0.1) is 11.7 Å². The molecule has 1 fully saturated rings. The van der Waals surface area contributed by atoms with Crippen LogP contribution in [0.3, 0.4) is 0 Å². The third kappa shape index (κ3) is 4.95. The van der Waals surface area contributed by atoms with Crippen LogP contribution >= 0.6 is 23.2 Å². The molecule has 1 aromatic heterocycles. The fourth-order valence-corrected chi connectivity index (χ4v) is 4.16. The minimum absolute atomic E-state index is 0.180. The number of amides is 2. The Morgan fingerprint density at radius 1 is 1.12 bits per heavy atom. The second kappa shape index (κ2) is 9.71. The SMILES string of the molecule is O=C(Nc1ccnn1Cc1cccc(Cl)c1Cl)[C@H]1CCCN(C(=O)c2ccc(F)cc2)C1. The van der Waals surface area contributed by atoms with E-state index in [0.717, 1.165) is 5.56 Å². The predicted octanol–water partition coefficient (Wildman–Crippen LogP) is 4.87. The Hall–Kier alpha value is -2.90. The number of rotatable bonds is 5. The van der Waals surface area contributed by atoms with Gasteiger partial charge in [0.15, 0.2) is 0 Å². The van der Waals surface area contributed by atoms with Crippen molar-refractivity contribution >= 4 is 40.8 Å². The first-order valence-corrected chi connectivity index (χ1v) is 11.0. The van der Waals surface area contributed by atoms with E-state index in [-0.39, 0.29) is 17.7 Å². The summed E-state index contributed by atoms with van der Waals surface area (Å²) >= 11 is 12.4. The monoisotopic (exact) mass is 474 g/mol. The van der Waals surface area contributed by atoms with E-state index in [4.69, 9.17) is 23.2 Å². The van der Waals surface area contributed by atoms with Crippen LogP contribution in [-0.4, -0.2) is 39.6 Å². The molecule has 4 rings (SSSR count). The van der Waals surface area contributed by atoms with Gasteiger partial charge in [-0.15, -0.1) is 0 Å². The van der Waals surface area contributed by atoms with Crippen LogP contribution in [0.1, 0.15) is 28.8 Å². The molecular formula is C23H21Cl2FN4O2. The van der Waals surface area contributed by atoms with E-state index in [1.54, 1.807) is 34.0 Å². The van der Waals surface area contributed by atoms with Crippen molar-refractivity contribution in [3.05, 3.63) is 81.7 Å². The Kier molecular flexibility index (Phi) is 6.77. The zero-order valence-electron chi connectivity index (χ0n) is 17.1. The summed E-state index contributed by atoms with van der Waals surface area (Å²) in [5.74, 6) is -0.601. The molecule has 1 aliphatic rings. The summed E-state index contributed by atoms with van der Waals surface area (Å²) in [5, 5.41) is 8.10. The van der Waals surface area contributed by atoms with Crippen molar-refractivity contribution < 1.29 is 14.0 Å². The average molecular weight is 475 g/mol. The molecule has 0 unspecified atom stereocenters. The highest BCUT2D eigenvalue weighted by atomic mass is 35.5. The van der Waals surface area contributed by atoms with Gasteiger partial charge < -0.3 is 10.2 Å². The smallest absolute Gasteiger partial charge is 0.253 e. The number of piperidine rings is 1. The summed E-state index contributed by atoms with van der Waals surface area (Å²) in [6, 6.07) is 12.5. The summed E-state index contributed by atoms with van der Waals surface area (Å²) in [6.45, 7) is 1.21. The van der Waals surface area contributed by atoms with Gasteiger partial charge in [0.25, 0.3) is 5.91 Å². The minimum atomic E-state index is -0.395. The van der Waals surface area contributed by atoms with E-state index in [0.29, 0.717) is 53.9 Å². The molecule has 2 heterocycles. The van der Waals surface area contributed by atoms with Gasteiger partial charge >= 0.3 is 0 Å². The Morgan fingerprint density at radius 3 is 2.69 bits per heavy atom. The summed E-state index contributed by atoms with van der Waals surface area (Å²) in [6.07, 6.45) is 2.98. The molecular weight excluding hydrogens is 454 g/mol. The van der Waals surface area contributed by atoms with Crippen molar-refractivity contribution in [2.24, 2.45) is 5.92 Å². The highest BCUT2D eigenvalue weighted by Crippen LogP contribution is 2.27. The lowest BCUT2D eigenvalue weighted by Crippen LogP contribution is -2.43. The van der Waals surface area contributed by atoms with E-state index in [2.05, 4.69) is 10.4 Å². The number of likely N-dealkylation sites (tertiary alicyclic amines) is 1. The lowest BCUT2D eigenvalue weighted by molar-refractivity contribution is -0.121. The molecule has 6 nitrogen and oxygen atoms in total. The van der Waals surface area contributed by atoms with Gasteiger partial charge in [0.2, 0.25) is 5.91 Å². The summed E-state index contributed by atoms with van der Waals surface area (Å²) in [5.41, 5.74) is 1.19. The van der Waals surface area contributed by atoms with Gasteiger partial charge in [0.05, 0.1) is 28.7 Å². The van der Waals surface area contributed by atoms with E-state index in [1.165, 1.54) is 24.3 Å². The first-order chi connectivity index (χ1) is 15.4. The van der Waals surface area contributed by atoms with Crippen LogP contribution in [-0.2, 0) is 11.3 Å². The summed E-state index contributed by atoms with van der Waals surface area (Å²) < 4.78 is 14.8. The molecule has 1 saturated heterocycles. The number of nitrogens with zero attached hydrogens (tertiary/aromatic N) is 3. The van der Waals surface area contributed by atoms with Gasteiger partial charge in [-0.3, -0.25) is 9.59 Å². The molecule has 2 amide bonds. The molecule has 9 heteroatoms. The fraction of sp³-hybridized carbons (Fsp3) is 0.261. The third-order valence-corrected chi connectivity index (χ3v) is 6.35. The van der Waals surface area contributed by atoms with Gasteiger partial charge in [0, 0.05) is 24.7 Å². The number of carbonyl (C=O) groups is 2. The number of anilines is 1. The molecule has 0 radical (unpaired) electrons. The van der Waals surface area contributed by atoms with Gasteiger partial charge in [-0.25, -0.2) is 9.07 Å². The number of hydrogen-bond donors (Lipinski definition) is 1.